The molecule has 0 bridgehead atoms. The van der Waals surface area contributed by atoms with Crippen molar-refractivity contribution in [3.8, 4) is 11.8 Å². The molecule has 2 amide bonds. The van der Waals surface area contributed by atoms with Gasteiger partial charge in [0, 0.05) is 0 Å². The Bertz CT molecular complexity index is 381. The number of amides is 2. The lowest BCUT2D eigenvalue weighted by Gasteiger charge is -2.10. The molecule has 0 fully saturated rings. The van der Waals surface area contributed by atoms with Gasteiger partial charge in [-0.3, -0.25) is 0 Å². The van der Waals surface area contributed by atoms with Crippen molar-refractivity contribution in [2.45, 2.75) is 6.04 Å². The summed E-state index contributed by atoms with van der Waals surface area (Å²) in [6, 6.07) is 7.30. The predicted molar refractivity (Wildman–Crippen MR) is 54.1 cm³/mol. The number of methoxy groups -OCH3 is 1. The maximum absolute atomic E-state index is 10.6. The highest BCUT2D eigenvalue weighted by molar-refractivity contribution is 5.72. The number of benzene rings is 1. The molecule has 1 unspecified atom stereocenters. The zero-order valence-corrected chi connectivity index (χ0v) is 8.23. The average Bonchev–Trinajstić information content (AvgIpc) is 2.26. The summed E-state index contributed by atoms with van der Waals surface area (Å²) in [5.41, 5.74) is 5.60. The number of hydrogen-bond donors (Lipinski definition) is 2. The molecule has 15 heavy (non-hydrogen) atoms. The fourth-order valence-corrected chi connectivity index (χ4v) is 1.13. The molecule has 1 rings (SSSR count). The summed E-state index contributed by atoms with van der Waals surface area (Å²) < 4.78 is 4.97. The highest BCUT2D eigenvalue weighted by Crippen LogP contribution is 2.16. The van der Waals surface area contributed by atoms with Gasteiger partial charge in [0.1, 0.15) is 11.8 Å². The molecular weight excluding hydrogens is 194 g/mol. The number of ether oxygens (including phenoxy) is 1. The minimum absolute atomic E-state index is 0.664. The highest BCUT2D eigenvalue weighted by Gasteiger charge is 2.11. The van der Waals surface area contributed by atoms with Crippen LogP contribution >= 0.6 is 0 Å². The molecule has 5 nitrogen and oxygen atoms in total. The third-order valence-corrected chi connectivity index (χ3v) is 1.86. The van der Waals surface area contributed by atoms with Gasteiger partial charge in [0.25, 0.3) is 0 Å². The molecular formula is C10H11N3O2. The van der Waals surface area contributed by atoms with E-state index in [1.54, 1.807) is 31.4 Å². The Morgan fingerprint density at radius 1 is 1.53 bits per heavy atom. The number of carbonyl (C=O) groups excluding carboxylic acids is 1. The molecule has 1 atom stereocenters. The molecule has 1 aromatic rings. The molecule has 0 aromatic heterocycles. The van der Waals surface area contributed by atoms with Crippen LogP contribution in [0.1, 0.15) is 11.6 Å². The highest BCUT2D eigenvalue weighted by atomic mass is 16.5. The maximum Gasteiger partial charge on any atom is 0.313 e. The quantitative estimate of drug-likeness (QED) is 0.769. The minimum Gasteiger partial charge on any atom is -0.497 e. The van der Waals surface area contributed by atoms with Gasteiger partial charge in [-0.2, -0.15) is 5.26 Å². The number of primary amides is 1. The number of nitrogens with zero attached hydrogens (tertiary/aromatic N) is 1. The van der Waals surface area contributed by atoms with Crippen molar-refractivity contribution < 1.29 is 9.53 Å². The number of nitrogens with one attached hydrogen (secondary N) is 1. The van der Waals surface area contributed by atoms with Crippen LogP contribution in [0.4, 0.5) is 4.79 Å². The first-order valence-electron chi connectivity index (χ1n) is 4.27. The van der Waals surface area contributed by atoms with Crippen LogP contribution in [0.25, 0.3) is 0 Å². The summed E-state index contributed by atoms with van der Waals surface area (Å²) in [4.78, 5) is 10.6. The molecule has 0 spiro atoms. The Balaban J connectivity index is 2.84. The molecule has 0 aliphatic rings. The van der Waals surface area contributed by atoms with Gasteiger partial charge in [0.15, 0.2) is 0 Å². The van der Waals surface area contributed by atoms with E-state index < -0.39 is 12.1 Å². The summed E-state index contributed by atoms with van der Waals surface area (Å²) >= 11 is 0. The number of hydrogen-bond acceptors (Lipinski definition) is 3. The van der Waals surface area contributed by atoms with E-state index in [1.807, 2.05) is 6.07 Å². The Morgan fingerprint density at radius 3 is 2.53 bits per heavy atom. The second-order valence-corrected chi connectivity index (χ2v) is 2.84. The molecule has 5 heteroatoms. The molecule has 0 radical (unpaired) electrons. The van der Waals surface area contributed by atoms with Crippen LogP contribution in [0.3, 0.4) is 0 Å². The number of carbonyl (C=O) groups is 1. The lowest BCUT2D eigenvalue weighted by atomic mass is 10.1. The summed E-state index contributed by atoms with van der Waals surface area (Å²) in [7, 11) is 1.55. The van der Waals surface area contributed by atoms with Gasteiger partial charge in [-0.15, -0.1) is 0 Å². The van der Waals surface area contributed by atoms with Crippen molar-refractivity contribution in [2.75, 3.05) is 7.11 Å². The maximum atomic E-state index is 10.6. The van der Waals surface area contributed by atoms with Crippen LogP contribution in [0.15, 0.2) is 24.3 Å². The SMILES string of the molecule is COc1ccc(C(C#N)NC(N)=O)cc1. The fourth-order valence-electron chi connectivity index (χ4n) is 1.13. The first kappa shape index (κ1) is 10.9. The molecule has 78 valence electrons. The normalized spacial score (nSPS) is 11.2. The van der Waals surface area contributed by atoms with E-state index in [1.165, 1.54) is 0 Å². The smallest absolute Gasteiger partial charge is 0.313 e. The number of nitriles is 1. The van der Waals surface area contributed by atoms with Gasteiger partial charge >= 0.3 is 6.03 Å². The van der Waals surface area contributed by atoms with Gasteiger partial charge in [-0.05, 0) is 17.7 Å². The Labute approximate surface area is 87.4 Å². The van der Waals surface area contributed by atoms with Crippen molar-refractivity contribution in [3.63, 3.8) is 0 Å². The van der Waals surface area contributed by atoms with E-state index in [4.69, 9.17) is 15.7 Å². The van der Waals surface area contributed by atoms with Crippen LogP contribution in [0.5, 0.6) is 5.75 Å². The van der Waals surface area contributed by atoms with E-state index in [9.17, 15) is 4.79 Å². The molecule has 3 N–H and O–H groups in total. The van der Waals surface area contributed by atoms with Crippen molar-refractivity contribution in [1.82, 2.24) is 5.32 Å². The van der Waals surface area contributed by atoms with Crippen molar-refractivity contribution >= 4 is 6.03 Å². The van der Waals surface area contributed by atoms with Crippen LogP contribution < -0.4 is 15.8 Å². The Kier molecular flexibility index (Phi) is 3.52. The Morgan fingerprint density at radius 2 is 2.13 bits per heavy atom. The van der Waals surface area contributed by atoms with Crippen molar-refractivity contribution in [2.24, 2.45) is 5.73 Å². The molecule has 0 saturated heterocycles. The number of rotatable bonds is 3. The van der Waals surface area contributed by atoms with E-state index in [0.29, 0.717) is 11.3 Å². The predicted octanol–water partition coefficient (Wildman–Crippen LogP) is 0.928. The monoisotopic (exact) mass is 205 g/mol. The van der Waals surface area contributed by atoms with Gasteiger partial charge in [0.05, 0.1) is 13.2 Å². The van der Waals surface area contributed by atoms with Crippen LogP contribution in [-0.2, 0) is 0 Å². The van der Waals surface area contributed by atoms with E-state index in [-0.39, 0.29) is 0 Å². The molecule has 0 aliphatic heterocycles. The van der Waals surface area contributed by atoms with Gasteiger partial charge < -0.3 is 15.8 Å². The number of urea groups is 1. The van der Waals surface area contributed by atoms with Crippen LogP contribution in [0.2, 0.25) is 0 Å². The standard InChI is InChI=1S/C10H11N3O2/c1-15-8-4-2-7(3-5-8)9(6-11)13-10(12)14/h2-5,9H,1H3,(H3,12,13,14). The second kappa shape index (κ2) is 4.86. The molecule has 0 aliphatic carbocycles. The molecule has 0 saturated carbocycles. The average molecular weight is 205 g/mol. The van der Waals surface area contributed by atoms with Gasteiger partial charge in [-0.1, -0.05) is 12.1 Å². The minimum atomic E-state index is -0.728. The topological polar surface area (TPSA) is 88.1 Å². The van der Waals surface area contributed by atoms with Crippen LogP contribution in [0, 0.1) is 11.3 Å². The van der Waals surface area contributed by atoms with Crippen LogP contribution in [-0.4, -0.2) is 13.1 Å². The third-order valence-electron chi connectivity index (χ3n) is 1.86. The number of nitrogens with two attached hydrogens (primary N) is 1. The zero-order chi connectivity index (χ0) is 11.3. The lowest BCUT2D eigenvalue weighted by molar-refractivity contribution is 0.247. The van der Waals surface area contributed by atoms with Crippen molar-refractivity contribution in [1.29, 1.82) is 5.26 Å². The van der Waals surface area contributed by atoms with E-state index in [0.717, 1.165) is 0 Å². The fraction of sp³-hybridized carbons (Fsp3) is 0.200. The molecule has 0 heterocycles. The van der Waals surface area contributed by atoms with Crippen molar-refractivity contribution in [3.05, 3.63) is 29.8 Å². The zero-order valence-electron chi connectivity index (χ0n) is 8.23. The molecule has 1 aromatic carbocycles. The second-order valence-electron chi connectivity index (χ2n) is 2.84. The van der Waals surface area contributed by atoms with Gasteiger partial charge in [-0.25, -0.2) is 4.79 Å². The lowest BCUT2D eigenvalue weighted by Crippen LogP contribution is -2.32. The third kappa shape index (κ3) is 2.88. The van der Waals surface area contributed by atoms with Gasteiger partial charge in [0.2, 0.25) is 0 Å². The first-order valence-corrected chi connectivity index (χ1v) is 4.27. The largest absolute Gasteiger partial charge is 0.497 e. The summed E-state index contributed by atoms with van der Waals surface area (Å²) in [5.74, 6) is 0.689. The van der Waals surface area contributed by atoms with E-state index in [2.05, 4.69) is 5.32 Å². The Hall–Kier alpha value is -2.22. The summed E-state index contributed by atoms with van der Waals surface area (Å²) in [6.07, 6.45) is 0. The van der Waals surface area contributed by atoms with E-state index >= 15 is 0 Å². The first-order chi connectivity index (χ1) is 7.17. The summed E-state index contributed by atoms with van der Waals surface area (Å²) in [5, 5.41) is 11.1. The summed E-state index contributed by atoms with van der Waals surface area (Å²) in [6.45, 7) is 0.